The Hall–Kier alpha value is -0.520. The number of allylic oxidation sites excluding steroid dienone is 1. The fourth-order valence-electron chi connectivity index (χ4n) is 3.74. The highest BCUT2D eigenvalue weighted by molar-refractivity contribution is 5.11. The number of fused-ring (bicyclic) bond motifs is 2. The third kappa shape index (κ3) is 2.69. The topological polar surface area (TPSA) is 38.7 Å². The second-order valence-electron chi connectivity index (χ2n) is 6.72. The standard InChI is InChI=1S/C14H20F2O3/c1-12(2)7-13(15,8-14(16,17)19-12)18-11-6-9-3-4-10(11)5-9/h3-4,9-11,17H,5-8H2,1-2H3. The van der Waals surface area contributed by atoms with Gasteiger partial charge in [-0.25, -0.2) is 4.39 Å². The SMILES string of the molecule is CC1(C)CC(F)(OC2CC3C=CC2C3)CC(O)(F)O1. The second kappa shape index (κ2) is 3.99. The zero-order chi connectivity index (χ0) is 13.9. The first kappa shape index (κ1) is 13.5. The van der Waals surface area contributed by atoms with Crippen molar-refractivity contribution in [3.05, 3.63) is 12.2 Å². The molecule has 3 rings (SSSR count). The average Bonchev–Trinajstić information content (AvgIpc) is 2.70. The zero-order valence-electron chi connectivity index (χ0n) is 11.2. The first-order valence-electron chi connectivity index (χ1n) is 6.83. The van der Waals surface area contributed by atoms with E-state index in [4.69, 9.17) is 9.47 Å². The van der Waals surface area contributed by atoms with Crippen LogP contribution in [-0.2, 0) is 9.47 Å². The van der Waals surface area contributed by atoms with Crippen LogP contribution in [0.3, 0.4) is 0 Å². The maximum Gasteiger partial charge on any atom is 0.323 e. The number of hydrogen-bond acceptors (Lipinski definition) is 3. The number of aliphatic hydroxyl groups is 1. The lowest BCUT2D eigenvalue weighted by molar-refractivity contribution is -0.403. The molecule has 1 saturated carbocycles. The van der Waals surface area contributed by atoms with Gasteiger partial charge in [0.15, 0.2) is 0 Å². The van der Waals surface area contributed by atoms with Gasteiger partial charge >= 0.3 is 6.04 Å². The van der Waals surface area contributed by atoms with E-state index >= 15 is 0 Å². The smallest absolute Gasteiger partial charge is 0.323 e. The Morgan fingerprint density at radius 3 is 2.47 bits per heavy atom. The second-order valence-corrected chi connectivity index (χ2v) is 6.72. The van der Waals surface area contributed by atoms with Gasteiger partial charge in [-0.15, -0.1) is 0 Å². The molecule has 3 aliphatic rings. The number of halogens is 2. The van der Waals surface area contributed by atoms with E-state index in [1.165, 1.54) is 0 Å². The quantitative estimate of drug-likeness (QED) is 0.787. The van der Waals surface area contributed by atoms with Crippen LogP contribution in [0.2, 0.25) is 0 Å². The summed E-state index contributed by atoms with van der Waals surface area (Å²) in [5.74, 6) is -1.50. The predicted octanol–water partition coefficient (Wildman–Crippen LogP) is 2.84. The van der Waals surface area contributed by atoms with Gasteiger partial charge in [0.25, 0.3) is 0 Å². The predicted molar refractivity (Wildman–Crippen MR) is 64.5 cm³/mol. The van der Waals surface area contributed by atoms with Gasteiger partial charge in [0.05, 0.1) is 18.1 Å². The molecule has 2 bridgehead atoms. The number of alkyl halides is 2. The molecule has 108 valence electrons. The first-order valence-corrected chi connectivity index (χ1v) is 6.83. The summed E-state index contributed by atoms with van der Waals surface area (Å²) < 4.78 is 38.9. The lowest BCUT2D eigenvalue weighted by Crippen LogP contribution is -2.54. The Kier molecular flexibility index (Phi) is 2.83. The summed E-state index contributed by atoms with van der Waals surface area (Å²) >= 11 is 0. The molecule has 0 aromatic heterocycles. The van der Waals surface area contributed by atoms with Crippen LogP contribution in [0.4, 0.5) is 8.78 Å². The number of rotatable bonds is 2. The molecule has 1 N–H and O–H groups in total. The van der Waals surface area contributed by atoms with Crippen molar-refractivity contribution in [3.63, 3.8) is 0 Å². The fourth-order valence-corrected chi connectivity index (χ4v) is 3.74. The summed E-state index contributed by atoms with van der Waals surface area (Å²) in [6.07, 6.45) is 4.86. The molecular formula is C14H20F2O3. The molecule has 5 atom stereocenters. The molecule has 5 unspecified atom stereocenters. The number of hydrogen-bond donors (Lipinski definition) is 1. The van der Waals surface area contributed by atoms with Crippen molar-refractivity contribution in [2.75, 3.05) is 0 Å². The third-order valence-electron chi connectivity index (χ3n) is 4.18. The van der Waals surface area contributed by atoms with Crippen LogP contribution in [0.25, 0.3) is 0 Å². The molecule has 2 aliphatic carbocycles. The summed E-state index contributed by atoms with van der Waals surface area (Å²) in [7, 11) is 0. The molecule has 3 nitrogen and oxygen atoms in total. The summed E-state index contributed by atoms with van der Waals surface area (Å²) in [6, 6.07) is -2.97. The number of ether oxygens (including phenoxy) is 2. The van der Waals surface area contributed by atoms with Gasteiger partial charge in [-0.05, 0) is 32.6 Å². The molecular weight excluding hydrogens is 254 g/mol. The summed E-state index contributed by atoms with van der Waals surface area (Å²) in [6.45, 7) is 3.10. The molecule has 0 aromatic rings. The van der Waals surface area contributed by atoms with Gasteiger partial charge in [-0.2, -0.15) is 4.39 Å². The molecule has 2 fully saturated rings. The van der Waals surface area contributed by atoms with Crippen LogP contribution in [-0.4, -0.2) is 28.7 Å². The Morgan fingerprint density at radius 2 is 1.95 bits per heavy atom. The van der Waals surface area contributed by atoms with E-state index < -0.39 is 23.9 Å². The molecule has 0 radical (unpaired) electrons. The molecule has 1 aliphatic heterocycles. The van der Waals surface area contributed by atoms with Gasteiger partial charge in [0.1, 0.15) is 0 Å². The monoisotopic (exact) mass is 274 g/mol. The molecule has 0 aromatic carbocycles. The lowest BCUT2D eigenvalue weighted by atomic mass is 9.92. The maximum atomic E-state index is 14.8. The zero-order valence-corrected chi connectivity index (χ0v) is 11.2. The molecule has 1 heterocycles. The Morgan fingerprint density at radius 1 is 1.21 bits per heavy atom. The van der Waals surface area contributed by atoms with Gasteiger partial charge in [-0.1, -0.05) is 12.2 Å². The van der Waals surface area contributed by atoms with Gasteiger partial charge in [0.2, 0.25) is 5.85 Å². The molecule has 0 spiro atoms. The first-order chi connectivity index (χ1) is 8.67. The van der Waals surface area contributed by atoms with Crippen molar-refractivity contribution in [1.82, 2.24) is 0 Å². The van der Waals surface area contributed by atoms with Gasteiger partial charge in [0, 0.05) is 12.3 Å². The molecule has 19 heavy (non-hydrogen) atoms. The Bertz CT molecular complexity index is 389. The van der Waals surface area contributed by atoms with E-state index in [9.17, 15) is 13.9 Å². The minimum atomic E-state index is -2.97. The minimum absolute atomic E-state index is 0.0795. The highest BCUT2D eigenvalue weighted by Crippen LogP contribution is 2.48. The van der Waals surface area contributed by atoms with Crippen molar-refractivity contribution in [2.24, 2.45) is 11.8 Å². The van der Waals surface area contributed by atoms with Crippen LogP contribution < -0.4 is 0 Å². The van der Waals surface area contributed by atoms with E-state index in [1.807, 2.05) is 6.08 Å². The normalized spacial score (nSPS) is 51.7. The molecule has 5 heteroatoms. The summed E-state index contributed by atoms with van der Waals surface area (Å²) in [5, 5.41) is 9.43. The van der Waals surface area contributed by atoms with Crippen LogP contribution >= 0.6 is 0 Å². The highest BCUT2D eigenvalue weighted by Gasteiger charge is 2.56. The van der Waals surface area contributed by atoms with Crippen LogP contribution in [0.5, 0.6) is 0 Å². The van der Waals surface area contributed by atoms with E-state index in [-0.39, 0.29) is 18.4 Å². The van der Waals surface area contributed by atoms with Gasteiger partial charge in [-0.3, -0.25) is 0 Å². The van der Waals surface area contributed by atoms with Gasteiger partial charge < -0.3 is 14.6 Å². The summed E-state index contributed by atoms with van der Waals surface area (Å²) in [5.41, 5.74) is -1.09. The highest BCUT2D eigenvalue weighted by atomic mass is 19.2. The lowest BCUT2D eigenvalue weighted by Gasteiger charge is -2.45. The van der Waals surface area contributed by atoms with Crippen LogP contribution in [0.15, 0.2) is 12.2 Å². The average molecular weight is 274 g/mol. The van der Waals surface area contributed by atoms with Crippen LogP contribution in [0.1, 0.15) is 39.5 Å². The van der Waals surface area contributed by atoms with Crippen LogP contribution in [0, 0.1) is 11.8 Å². The summed E-state index contributed by atoms with van der Waals surface area (Å²) in [4.78, 5) is 0. The van der Waals surface area contributed by atoms with E-state index in [0.717, 1.165) is 12.8 Å². The van der Waals surface area contributed by atoms with E-state index in [0.29, 0.717) is 5.92 Å². The Labute approximate surface area is 111 Å². The van der Waals surface area contributed by atoms with Crippen molar-refractivity contribution in [3.8, 4) is 0 Å². The molecule has 0 amide bonds. The van der Waals surface area contributed by atoms with Crippen molar-refractivity contribution >= 4 is 0 Å². The largest absolute Gasteiger partial charge is 0.341 e. The van der Waals surface area contributed by atoms with Crippen molar-refractivity contribution in [1.29, 1.82) is 0 Å². The van der Waals surface area contributed by atoms with Crippen molar-refractivity contribution in [2.45, 2.75) is 63.1 Å². The fraction of sp³-hybridized carbons (Fsp3) is 0.857. The molecule has 1 saturated heterocycles. The van der Waals surface area contributed by atoms with Crippen molar-refractivity contribution < 1.29 is 23.4 Å². The van der Waals surface area contributed by atoms with E-state index in [2.05, 4.69) is 6.08 Å². The van der Waals surface area contributed by atoms with E-state index in [1.54, 1.807) is 13.8 Å². The maximum absolute atomic E-state index is 14.8. The minimum Gasteiger partial charge on any atom is -0.341 e. The Balaban J connectivity index is 1.73. The third-order valence-corrected chi connectivity index (χ3v) is 4.18.